The number of para-hydroxylation sites is 1. The maximum Gasteiger partial charge on any atom is 0.261 e. The van der Waals surface area contributed by atoms with Gasteiger partial charge in [-0.15, -0.1) is 0 Å². The van der Waals surface area contributed by atoms with Crippen LogP contribution in [0.5, 0.6) is 5.75 Å². The molecule has 4 rings (SSSR count). The van der Waals surface area contributed by atoms with E-state index in [1.165, 1.54) is 6.42 Å². The summed E-state index contributed by atoms with van der Waals surface area (Å²) >= 11 is 6.24. The Balaban J connectivity index is 1.60. The highest BCUT2D eigenvalue weighted by Gasteiger charge is 2.32. The number of hydrogen-bond acceptors (Lipinski definition) is 3. The molecule has 1 saturated carbocycles. The molecule has 0 aromatic heterocycles. The fourth-order valence-corrected chi connectivity index (χ4v) is 4.89. The standard InChI is InChI=1S/C30H33ClN2O3/c31-25-14-10-13-24(19-25)21-33(29(34)22-36-27-17-8-3-9-18-27)28(20-23-11-4-1-5-12-23)30(35)32-26-15-6-2-7-16-26/h1,3-5,8-14,17-19,26,28H,2,6-7,15-16,20-22H2,(H,32,35). The molecule has 0 aliphatic heterocycles. The lowest BCUT2D eigenvalue weighted by Crippen LogP contribution is -2.53. The molecular formula is C30H33ClN2O3. The molecule has 0 radical (unpaired) electrons. The van der Waals surface area contributed by atoms with Gasteiger partial charge < -0.3 is 15.0 Å². The summed E-state index contributed by atoms with van der Waals surface area (Å²) in [6.07, 6.45) is 5.80. The molecule has 3 aromatic rings. The van der Waals surface area contributed by atoms with Crippen LogP contribution in [0.15, 0.2) is 84.9 Å². The van der Waals surface area contributed by atoms with E-state index in [4.69, 9.17) is 16.3 Å². The summed E-state index contributed by atoms with van der Waals surface area (Å²) in [6.45, 7) is 0.0969. The number of nitrogens with zero attached hydrogens (tertiary/aromatic N) is 1. The van der Waals surface area contributed by atoms with Crippen LogP contribution in [-0.2, 0) is 22.6 Å². The van der Waals surface area contributed by atoms with E-state index < -0.39 is 6.04 Å². The molecule has 5 nitrogen and oxygen atoms in total. The van der Waals surface area contributed by atoms with Crippen molar-refractivity contribution in [3.05, 3.63) is 101 Å². The number of amides is 2. The van der Waals surface area contributed by atoms with Crippen LogP contribution in [-0.4, -0.2) is 35.4 Å². The smallest absolute Gasteiger partial charge is 0.261 e. The Labute approximate surface area is 218 Å². The number of benzene rings is 3. The third-order valence-corrected chi connectivity index (χ3v) is 6.81. The summed E-state index contributed by atoms with van der Waals surface area (Å²) in [5, 5.41) is 3.84. The maximum atomic E-state index is 13.7. The maximum absolute atomic E-state index is 13.7. The fourth-order valence-electron chi connectivity index (χ4n) is 4.67. The van der Waals surface area contributed by atoms with Crippen molar-refractivity contribution < 1.29 is 14.3 Å². The minimum absolute atomic E-state index is 0.124. The van der Waals surface area contributed by atoms with Gasteiger partial charge in [0.2, 0.25) is 5.91 Å². The molecule has 1 aliphatic carbocycles. The molecule has 2 amide bonds. The molecule has 0 heterocycles. The number of halogens is 1. The van der Waals surface area contributed by atoms with Gasteiger partial charge in [0, 0.05) is 24.0 Å². The van der Waals surface area contributed by atoms with Crippen LogP contribution in [0.1, 0.15) is 43.2 Å². The van der Waals surface area contributed by atoms with Crippen LogP contribution in [0.4, 0.5) is 0 Å². The number of hydrogen-bond donors (Lipinski definition) is 1. The third-order valence-electron chi connectivity index (χ3n) is 6.57. The second kappa shape index (κ2) is 13.1. The van der Waals surface area contributed by atoms with Crippen molar-refractivity contribution in [2.24, 2.45) is 0 Å². The lowest BCUT2D eigenvalue weighted by atomic mass is 9.94. The summed E-state index contributed by atoms with van der Waals surface area (Å²) in [5.74, 6) is 0.235. The van der Waals surface area contributed by atoms with Gasteiger partial charge in [-0.3, -0.25) is 9.59 Å². The zero-order chi connectivity index (χ0) is 25.2. The molecular weight excluding hydrogens is 472 g/mol. The zero-order valence-electron chi connectivity index (χ0n) is 20.4. The van der Waals surface area contributed by atoms with Crippen LogP contribution in [0, 0.1) is 0 Å². The second-order valence-electron chi connectivity index (χ2n) is 9.30. The Hall–Kier alpha value is -3.31. The van der Waals surface area contributed by atoms with Gasteiger partial charge in [-0.1, -0.05) is 91.5 Å². The van der Waals surface area contributed by atoms with E-state index in [0.717, 1.165) is 36.8 Å². The molecule has 1 atom stereocenters. The monoisotopic (exact) mass is 504 g/mol. The van der Waals surface area contributed by atoms with E-state index >= 15 is 0 Å². The van der Waals surface area contributed by atoms with Gasteiger partial charge in [-0.25, -0.2) is 0 Å². The molecule has 6 heteroatoms. The van der Waals surface area contributed by atoms with Crippen molar-refractivity contribution in [3.8, 4) is 5.75 Å². The van der Waals surface area contributed by atoms with Crippen molar-refractivity contribution in [1.29, 1.82) is 0 Å². The van der Waals surface area contributed by atoms with Gasteiger partial charge in [-0.2, -0.15) is 0 Å². The Bertz CT molecular complexity index is 1120. The lowest BCUT2D eigenvalue weighted by molar-refractivity contribution is -0.143. The molecule has 36 heavy (non-hydrogen) atoms. The minimum Gasteiger partial charge on any atom is -0.484 e. The molecule has 0 saturated heterocycles. The fraction of sp³-hybridized carbons (Fsp3) is 0.333. The summed E-state index contributed by atoms with van der Waals surface area (Å²) in [4.78, 5) is 29.0. The Morgan fingerprint density at radius 3 is 2.25 bits per heavy atom. The number of carbonyl (C=O) groups is 2. The summed E-state index contributed by atoms with van der Waals surface area (Å²) in [7, 11) is 0. The van der Waals surface area contributed by atoms with E-state index in [9.17, 15) is 9.59 Å². The van der Waals surface area contributed by atoms with Gasteiger partial charge in [0.15, 0.2) is 6.61 Å². The normalized spacial score (nSPS) is 14.6. The highest BCUT2D eigenvalue weighted by molar-refractivity contribution is 6.30. The second-order valence-corrected chi connectivity index (χ2v) is 9.74. The first-order valence-corrected chi connectivity index (χ1v) is 13.0. The quantitative estimate of drug-likeness (QED) is 0.379. The van der Waals surface area contributed by atoms with E-state index in [-0.39, 0.29) is 31.0 Å². The topological polar surface area (TPSA) is 58.6 Å². The van der Waals surface area contributed by atoms with Gasteiger partial charge in [0.05, 0.1) is 0 Å². The summed E-state index contributed by atoms with van der Waals surface area (Å²) in [6, 6.07) is 25.9. The summed E-state index contributed by atoms with van der Waals surface area (Å²) < 4.78 is 5.79. The minimum atomic E-state index is -0.680. The predicted octanol–water partition coefficient (Wildman–Crippen LogP) is 5.81. The van der Waals surface area contributed by atoms with E-state index in [1.807, 2.05) is 78.9 Å². The molecule has 188 valence electrons. The molecule has 1 fully saturated rings. The first-order valence-electron chi connectivity index (χ1n) is 12.6. The summed E-state index contributed by atoms with van der Waals surface area (Å²) in [5.41, 5.74) is 1.85. The SMILES string of the molecule is O=C(NC1CCCCC1)C(Cc1ccccc1)N(Cc1cccc(Cl)c1)C(=O)COc1ccccc1. The van der Waals surface area contributed by atoms with Gasteiger partial charge in [0.1, 0.15) is 11.8 Å². The molecule has 0 bridgehead atoms. The van der Waals surface area contributed by atoms with Crippen molar-refractivity contribution in [2.45, 2.75) is 57.2 Å². The Kier molecular flexibility index (Phi) is 9.40. The van der Waals surface area contributed by atoms with E-state index in [1.54, 1.807) is 11.0 Å². The number of rotatable bonds is 10. The number of ether oxygens (including phenoxy) is 1. The Morgan fingerprint density at radius 1 is 0.889 bits per heavy atom. The van der Waals surface area contributed by atoms with Crippen molar-refractivity contribution in [2.75, 3.05) is 6.61 Å². The molecule has 0 spiro atoms. The van der Waals surface area contributed by atoms with Gasteiger partial charge in [0.25, 0.3) is 5.91 Å². The van der Waals surface area contributed by atoms with Gasteiger partial charge in [-0.05, 0) is 48.2 Å². The molecule has 1 aliphatic rings. The van der Waals surface area contributed by atoms with Gasteiger partial charge >= 0.3 is 0 Å². The van der Waals surface area contributed by atoms with Crippen molar-refractivity contribution in [3.63, 3.8) is 0 Å². The molecule has 3 aromatic carbocycles. The molecule has 1 N–H and O–H groups in total. The average molecular weight is 505 g/mol. The highest BCUT2D eigenvalue weighted by Crippen LogP contribution is 2.21. The van der Waals surface area contributed by atoms with Crippen molar-refractivity contribution in [1.82, 2.24) is 10.2 Å². The average Bonchev–Trinajstić information content (AvgIpc) is 2.91. The van der Waals surface area contributed by atoms with Crippen LogP contribution in [0.25, 0.3) is 0 Å². The first-order chi connectivity index (χ1) is 17.6. The zero-order valence-corrected chi connectivity index (χ0v) is 21.2. The van der Waals surface area contributed by atoms with E-state index in [2.05, 4.69) is 5.32 Å². The lowest BCUT2D eigenvalue weighted by Gasteiger charge is -2.33. The Morgan fingerprint density at radius 2 is 1.56 bits per heavy atom. The largest absolute Gasteiger partial charge is 0.484 e. The van der Waals surface area contributed by atoms with Crippen LogP contribution >= 0.6 is 11.6 Å². The predicted molar refractivity (Wildman–Crippen MR) is 143 cm³/mol. The number of carbonyl (C=O) groups excluding carboxylic acids is 2. The van der Waals surface area contributed by atoms with Crippen LogP contribution < -0.4 is 10.1 Å². The highest BCUT2D eigenvalue weighted by atomic mass is 35.5. The first kappa shape index (κ1) is 25.8. The van der Waals surface area contributed by atoms with Crippen molar-refractivity contribution >= 4 is 23.4 Å². The van der Waals surface area contributed by atoms with Crippen LogP contribution in [0.2, 0.25) is 5.02 Å². The molecule has 1 unspecified atom stereocenters. The number of nitrogens with one attached hydrogen (secondary N) is 1. The van der Waals surface area contributed by atoms with Crippen LogP contribution in [0.3, 0.4) is 0 Å². The third kappa shape index (κ3) is 7.59. The van der Waals surface area contributed by atoms with E-state index in [0.29, 0.717) is 17.2 Å².